The van der Waals surface area contributed by atoms with Crippen molar-refractivity contribution in [1.82, 2.24) is 14.5 Å². The number of amidine groups is 1. The summed E-state index contributed by atoms with van der Waals surface area (Å²) < 4.78 is 12.8. The van der Waals surface area contributed by atoms with Gasteiger partial charge in [-0.25, -0.2) is 4.98 Å². The van der Waals surface area contributed by atoms with Crippen LogP contribution in [0.4, 0.5) is 0 Å². The van der Waals surface area contributed by atoms with E-state index in [1.165, 1.54) is 0 Å². The fourth-order valence-corrected chi connectivity index (χ4v) is 5.55. The number of hydrogen-bond donors (Lipinski definition) is 0. The average Bonchev–Trinajstić information content (AvgIpc) is 3.24. The Kier molecular flexibility index (Phi) is 7.86. The highest BCUT2D eigenvalue weighted by Gasteiger charge is 2.33. The lowest BCUT2D eigenvalue weighted by atomic mass is 10.0. The second-order valence-electron chi connectivity index (χ2n) is 11.1. The van der Waals surface area contributed by atoms with E-state index < -0.39 is 0 Å². The second kappa shape index (κ2) is 11.3. The minimum Gasteiger partial charge on any atom is -0.493 e. The maximum Gasteiger partial charge on any atom is 0.261 e. The van der Waals surface area contributed by atoms with E-state index in [0.29, 0.717) is 40.4 Å². The van der Waals surface area contributed by atoms with Gasteiger partial charge in [0.15, 0.2) is 11.5 Å². The molecule has 0 fully saturated rings. The van der Waals surface area contributed by atoms with Crippen LogP contribution in [-0.2, 0) is 13.0 Å². The maximum absolute atomic E-state index is 13.7. The van der Waals surface area contributed by atoms with Crippen molar-refractivity contribution in [2.24, 2.45) is 10.9 Å². The Bertz CT molecular complexity index is 1610. The van der Waals surface area contributed by atoms with Crippen molar-refractivity contribution in [1.29, 1.82) is 0 Å². The predicted octanol–water partition coefficient (Wildman–Crippen LogP) is 5.84. The lowest BCUT2D eigenvalue weighted by Crippen LogP contribution is -2.37. The van der Waals surface area contributed by atoms with Crippen molar-refractivity contribution in [3.63, 3.8) is 0 Å². The Morgan fingerprint density at radius 2 is 1.75 bits per heavy atom. The van der Waals surface area contributed by atoms with Gasteiger partial charge in [-0.3, -0.25) is 14.4 Å². The second-order valence-corrected chi connectivity index (χ2v) is 11.5. The van der Waals surface area contributed by atoms with Crippen LogP contribution in [0.3, 0.4) is 0 Å². The fourth-order valence-electron chi connectivity index (χ4n) is 5.39. The first-order valence-electron chi connectivity index (χ1n) is 13.5. The fraction of sp³-hybridized carbons (Fsp3) is 0.344. The monoisotopic (exact) mass is 558 g/mol. The molecule has 0 saturated carbocycles. The van der Waals surface area contributed by atoms with Crippen LogP contribution in [-0.4, -0.2) is 53.1 Å². The number of nitrogens with zero attached hydrogens (tertiary/aromatic N) is 4. The van der Waals surface area contributed by atoms with Gasteiger partial charge in [-0.2, -0.15) is 0 Å². The van der Waals surface area contributed by atoms with E-state index in [-0.39, 0.29) is 17.0 Å². The molecule has 40 heavy (non-hydrogen) atoms. The summed E-state index contributed by atoms with van der Waals surface area (Å²) in [6.07, 6.45) is 0.626. The molecule has 7 nitrogen and oxygen atoms in total. The molecule has 0 radical (unpaired) electrons. The first-order chi connectivity index (χ1) is 19.2. The van der Waals surface area contributed by atoms with Gasteiger partial charge in [-0.1, -0.05) is 48.9 Å². The maximum atomic E-state index is 13.7. The molecule has 2 heterocycles. The van der Waals surface area contributed by atoms with E-state index in [9.17, 15) is 4.79 Å². The van der Waals surface area contributed by atoms with Crippen molar-refractivity contribution >= 4 is 28.3 Å². The summed E-state index contributed by atoms with van der Waals surface area (Å²) >= 11 is 6.27. The molecule has 1 unspecified atom stereocenters. The number of rotatable bonds is 9. The van der Waals surface area contributed by atoms with Gasteiger partial charge in [0.25, 0.3) is 5.56 Å². The van der Waals surface area contributed by atoms with Crippen LogP contribution < -0.4 is 15.0 Å². The quantitative estimate of drug-likeness (QED) is 0.258. The third-order valence-electron chi connectivity index (χ3n) is 7.17. The van der Waals surface area contributed by atoms with Crippen LogP contribution in [0.5, 0.6) is 11.5 Å². The van der Waals surface area contributed by atoms with E-state index >= 15 is 0 Å². The van der Waals surface area contributed by atoms with Gasteiger partial charge >= 0.3 is 0 Å². The number of benzene rings is 3. The Balaban J connectivity index is 1.45. The molecule has 0 spiro atoms. The lowest BCUT2D eigenvalue weighted by Gasteiger charge is -2.27. The van der Waals surface area contributed by atoms with E-state index in [4.69, 9.17) is 31.1 Å². The predicted molar refractivity (Wildman–Crippen MR) is 161 cm³/mol. The Morgan fingerprint density at radius 3 is 2.48 bits per heavy atom. The number of fused-ring (bicyclic) bond motifs is 1. The summed E-state index contributed by atoms with van der Waals surface area (Å²) in [6.45, 7) is 8.49. The lowest BCUT2D eigenvalue weighted by molar-refractivity contribution is 0.324. The molecule has 3 aromatic carbocycles. The number of aliphatic imine (C=N–C) groups is 1. The standard InChI is InChI=1S/C32H35ClN4O3/c1-21(18-36-20-32(2,3)35-30(36)23-11-14-27(39-4)28(16-23)40-5)15-29-34-26-17-24(33)12-13-25(26)31(38)37(29)19-22-9-7-6-8-10-22/h6-14,16-17,21H,15,18-20H2,1-5H3. The zero-order valence-corrected chi connectivity index (χ0v) is 24.4. The first kappa shape index (κ1) is 27.7. The minimum absolute atomic E-state index is 0.0531. The molecule has 0 amide bonds. The zero-order chi connectivity index (χ0) is 28.4. The van der Waals surface area contributed by atoms with Gasteiger partial charge < -0.3 is 14.4 Å². The number of hydrogen-bond acceptors (Lipinski definition) is 6. The van der Waals surface area contributed by atoms with Crippen LogP contribution in [0.1, 0.15) is 37.7 Å². The molecule has 0 N–H and O–H groups in total. The highest BCUT2D eigenvalue weighted by atomic mass is 35.5. The van der Waals surface area contributed by atoms with Gasteiger partial charge in [0, 0.05) is 30.1 Å². The summed E-state index contributed by atoms with van der Waals surface area (Å²) in [5.74, 6) is 3.22. The van der Waals surface area contributed by atoms with Crippen molar-refractivity contribution in [3.8, 4) is 11.5 Å². The van der Waals surface area contributed by atoms with Crippen molar-refractivity contribution in [2.45, 2.75) is 39.3 Å². The number of halogens is 1. The van der Waals surface area contributed by atoms with Gasteiger partial charge in [-0.05, 0) is 61.7 Å². The van der Waals surface area contributed by atoms with E-state index in [0.717, 1.165) is 35.9 Å². The molecule has 0 bridgehead atoms. The molecule has 0 saturated heterocycles. The summed E-state index contributed by atoms with van der Waals surface area (Å²) in [5.41, 5.74) is 2.38. The molecule has 1 aromatic heterocycles. The molecular formula is C32H35ClN4O3. The normalized spacial score (nSPS) is 15.2. The largest absolute Gasteiger partial charge is 0.493 e. The molecule has 5 rings (SSSR count). The first-order valence-corrected chi connectivity index (χ1v) is 13.9. The summed E-state index contributed by atoms with van der Waals surface area (Å²) in [5, 5.41) is 1.13. The van der Waals surface area contributed by atoms with E-state index in [1.54, 1.807) is 37.0 Å². The highest BCUT2D eigenvalue weighted by molar-refractivity contribution is 6.31. The molecule has 0 aliphatic carbocycles. The van der Waals surface area contributed by atoms with Crippen LogP contribution in [0.15, 0.2) is 76.5 Å². The average molecular weight is 559 g/mol. The third kappa shape index (κ3) is 5.85. The Morgan fingerprint density at radius 1 is 1.00 bits per heavy atom. The van der Waals surface area contributed by atoms with E-state index in [2.05, 4.69) is 25.7 Å². The zero-order valence-electron chi connectivity index (χ0n) is 23.6. The van der Waals surface area contributed by atoms with Crippen molar-refractivity contribution in [2.75, 3.05) is 27.3 Å². The highest BCUT2D eigenvalue weighted by Crippen LogP contribution is 2.31. The molecule has 1 aliphatic heterocycles. The number of aromatic nitrogens is 2. The van der Waals surface area contributed by atoms with Gasteiger partial charge in [0.1, 0.15) is 11.7 Å². The minimum atomic E-state index is -0.227. The molecular weight excluding hydrogens is 524 g/mol. The summed E-state index contributed by atoms with van der Waals surface area (Å²) in [4.78, 5) is 26.0. The smallest absolute Gasteiger partial charge is 0.261 e. The molecule has 8 heteroatoms. The Labute approximate surface area is 240 Å². The molecule has 1 atom stereocenters. The Hall–Kier alpha value is -3.84. The summed E-state index contributed by atoms with van der Waals surface area (Å²) in [6, 6.07) is 21.2. The van der Waals surface area contributed by atoms with Crippen LogP contribution in [0.2, 0.25) is 5.02 Å². The van der Waals surface area contributed by atoms with Crippen molar-refractivity contribution in [3.05, 3.63) is 99.1 Å². The topological polar surface area (TPSA) is 69.0 Å². The van der Waals surface area contributed by atoms with Crippen molar-refractivity contribution < 1.29 is 9.47 Å². The van der Waals surface area contributed by atoms with Gasteiger partial charge in [0.2, 0.25) is 0 Å². The van der Waals surface area contributed by atoms with Gasteiger partial charge in [0.05, 0.1) is 37.2 Å². The number of ether oxygens (including phenoxy) is 2. The summed E-state index contributed by atoms with van der Waals surface area (Å²) in [7, 11) is 3.27. The van der Waals surface area contributed by atoms with Crippen LogP contribution in [0, 0.1) is 5.92 Å². The number of methoxy groups -OCH3 is 2. The molecule has 1 aliphatic rings. The molecule has 208 valence electrons. The van der Waals surface area contributed by atoms with Crippen LogP contribution >= 0.6 is 11.6 Å². The SMILES string of the molecule is COc1ccc(C2=NC(C)(C)CN2CC(C)Cc2nc3cc(Cl)ccc3c(=O)n2Cc2ccccc2)cc1OC. The third-order valence-corrected chi connectivity index (χ3v) is 7.41. The van der Waals surface area contributed by atoms with Crippen LogP contribution in [0.25, 0.3) is 10.9 Å². The van der Waals surface area contributed by atoms with Gasteiger partial charge in [-0.15, -0.1) is 0 Å². The molecule has 4 aromatic rings. The van der Waals surface area contributed by atoms with E-state index in [1.807, 2.05) is 48.5 Å².